The molecule has 1 saturated heterocycles. The molecular formula is C22H32N2. The normalized spacial score (nSPS) is 23.5. The Bertz CT molecular complexity index is 538. The SMILES string of the molecule is C=C/C(=C\C=C/CC1=CC=C(CN2CCCC(C)CC2)CC1)N=C. The molecule has 0 aromatic carbocycles. The van der Waals surface area contributed by atoms with Crippen LogP contribution in [0.2, 0.25) is 0 Å². The Hall–Kier alpha value is -1.67. The third-order valence-corrected chi connectivity index (χ3v) is 5.03. The van der Waals surface area contributed by atoms with Gasteiger partial charge >= 0.3 is 0 Å². The third kappa shape index (κ3) is 6.45. The van der Waals surface area contributed by atoms with Gasteiger partial charge in [0.05, 0.1) is 5.70 Å². The summed E-state index contributed by atoms with van der Waals surface area (Å²) in [6.45, 7) is 13.3. The van der Waals surface area contributed by atoms with Gasteiger partial charge in [-0.3, -0.25) is 9.89 Å². The van der Waals surface area contributed by atoms with Crippen LogP contribution in [0, 0.1) is 5.92 Å². The molecule has 2 nitrogen and oxygen atoms in total. The van der Waals surface area contributed by atoms with E-state index < -0.39 is 0 Å². The Morgan fingerprint density at radius 3 is 2.75 bits per heavy atom. The lowest BCUT2D eigenvalue weighted by Crippen LogP contribution is -2.27. The monoisotopic (exact) mass is 324 g/mol. The highest BCUT2D eigenvalue weighted by atomic mass is 15.1. The maximum absolute atomic E-state index is 3.88. The predicted octanol–water partition coefficient (Wildman–Crippen LogP) is 5.47. The maximum atomic E-state index is 3.88. The molecule has 1 unspecified atom stereocenters. The molecule has 2 rings (SSSR count). The lowest BCUT2D eigenvalue weighted by atomic mass is 9.96. The van der Waals surface area contributed by atoms with Crippen LogP contribution in [0.3, 0.4) is 0 Å². The lowest BCUT2D eigenvalue weighted by molar-refractivity contribution is 0.302. The van der Waals surface area contributed by atoms with Crippen LogP contribution in [0.1, 0.15) is 45.4 Å². The standard InChI is InChI=1S/C22H32N2/c1-4-22(23-3)10-6-5-9-20-11-13-21(14-12-20)18-24-16-7-8-19(2)15-17-24/h4-6,10-11,13,19H,1,3,7-9,12,14-18H2,2H3/b6-5-,22-10+. The van der Waals surface area contributed by atoms with Gasteiger partial charge in [-0.2, -0.15) is 0 Å². The van der Waals surface area contributed by atoms with E-state index >= 15 is 0 Å². The molecule has 1 atom stereocenters. The fourth-order valence-electron chi connectivity index (χ4n) is 3.36. The summed E-state index contributed by atoms with van der Waals surface area (Å²) in [6.07, 6.45) is 20.1. The molecule has 0 aromatic rings. The minimum Gasteiger partial charge on any atom is -0.299 e. The van der Waals surface area contributed by atoms with Crippen molar-refractivity contribution in [1.82, 2.24) is 4.90 Å². The first-order chi connectivity index (χ1) is 11.7. The molecule has 0 bridgehead atoms. The van der Waals surface area contributed by atoms with E-state index in [9.17, 15) is 0 Å². The molecule has 0 spiro atoms. The van der Waals surface area contributed by atoms with Gasteiger partial charge in [0.25, 0.3) is 0 Å². The van der Waals surface area contributed by atoms with Gasteiger partial charge in [0.1, 0.15) is 0 Å². The highest BCUT2D eigenvalue weighted by Gasteiger charge is 2.15. The van der Waals surface area contributed by atoms with E-state index in [0.717, 1.165) is 18.0 Å². The lowest BCUT2D eigenvalue weighted by Gasteiger charge is -2.23. The van der Waals surface area contributed by atoms with E-state index in [1.54, 1.807) is 11.6 Å². The largest absolute Gasteiger partial charge is 0.299 e. The summed E-state index contributed by atoms with van der Waals surface area (Å²) >= 11 is 0. The van der Waals surface area contributed by atoms with Crippen LogP contribution in [0.4, 0.5) is 0 Å². The van der Waals surface area contributed by atoms with Crippen molar-refractivity contribution in [3.05, 3.63) is 59.9 Å². The Morgan fingerprint density at radius 2 is 2.04 bits per heavy atom. The molecule has 24 heavy (non-hydrogen) atoms. The molecule has 0 amide bonds. The summed E-state index contributed by atoms with van der Waals surface area (Å²) in [7, 11) is 0. The average Bonchev–Trinajstić information content (AvgIpc) is 2.81. The van der Waals surface area contributed by atoms with E-state index in [-0.39, 0.29) is 0 Å². The maximum Gasteiger partial charge on any atom is 0.0616 e. The Labute approximate surface area is 148 Å². The molecule has 1 heterocycles. The summed E-state index contributed by atoms with van der Waals surface area (Å²) < 4.78 is 0. The van der Waals surface area contributed by atoms with Gasteiger partial charge in [-0.15, -0.1) is 0 Å². The number of allylic oxidation sites excluding steroid dienone is 7. The molecule has 0 saturated carbocycles. The number of rotatable bonds is 7. The van der Waals surface area contributed by atoms with E-state index in [0.29, 0.717) is 0 Å². The van der Waals surface area contributed by atoms with Gasteiger partial charge < -0.3 is 0 Å². The minimum atomic E-state index is 0.817. The number of hydrogen-bond acceptors (Lipinski definition) is 2. The molecule has 1 aliphatic carbocycles. The number of nitrogens with zero attached hydrogens (tertiary/aromatic N) is 2. The van der Waals surface area contributed by atoms with Crippen molar-refractivity contribution in [2.75, 3.05) is 19.6 Å². The Kier molecular flexibility index (Phi) is 7.97. The van der Waals surface area contributed by atoms with Gasteiger partial charge in [0.2, 0.25) is 0 Å². The fraction of sp³-hybridized carbons (Fsp3) is 0.500. The molecule has 2 heteroatoms. The fourth-order valence-corrected chi connectivity index (χ4v) is 3.36. The Morgan fingerprint density at radius 1 is 1.25 bits per heavy atom. The second-order valence-electron chi connectivity index (χ2n) is 7.05. The highest BCUT2D eigenvalue weighted by Crippen LogP contribution is 2.23. The zero-order valence-electron chi connectivity index (χ0n) is 15.2. The molecule has 0 N–H and O–H groups in total. The number of aliphatic imine (C=N–C) groups is 1. The first-order valence-electron chi connectivity index (χ1n) is 9.27. The van der Waals surface area contributed by atoms with Crippen LogP contribution in [0.25, 0.3) is 0 Å². The molecule has 0 aromatic heterocycles. The zero-order chi connectivity index (χ0) is 17.2. The second-order valence-corrected chi connectivity index (χ2v) is 7.05. The zero-order valence-corrected chi connectivity index (χ0v) is 15.2. The van der Waals surface area contributed by atoms with Crippen LogP contribution >= 0.6 is 0 Å². The van der Waals surface area contributed by atoms with Gasteiger partial charge in [0.15, 0.2) is 0 Å². The topological polar surface area (TPSA) is 15.6 Å². The van der Waals surface area contributed by atoms with Crippen LogP contribution in [0.15, 0.2) is 64.9 Å². The van der Waals surface area contributed by atoms with Crippen molar-refractivity contribution in [3.63, 3.8) is 0 Å². The van der Waals surface area contributed by atoms with Crippen LogP contribution in [-0.2, 0) is 0 Å². The van der Waals surface area contributed by atoms with Gasteiger partial charge in [-0.1, -0.05) is 49.0 Å². The van der Waals surface area contributed by atoms with E-state index in [1.165, 1.54) is 57.3 Å². The van der Waals surface area contributed by atoms with Crippen molar-refractivity contribution < 1.29 is 0 Å². The quantitative estimate of drug-likeness (QED) is 0.448. The molecular weight excluding hydrogens is 292 g/mol. The predicted molar refractivity (Wildman–Crippen MR) is 106 cm³/mol. The third-order valence-electron chi connectivity index (χ3n) is 5.03. The summed E-state index contributed by atoms with van der Waals surface area (Å²) in [5.41, 5.74) is 3.93. The molecule has 130 valence electrons. The highest BCUT2D eigenvalue weighted by molar-refractivity contribution is 5.34. The van der Waals surface area contributed by atoms with Crippen LogP contribution in [-0.4, -0.2) is 31.3 Å². The number of likely N-dealkylation sites (tertiary alicyclic amines) is 1. The first-order valence-corrected chi connectivity index (χ1v) is 9.27. The van der Waals surface area contributed by atoms with Crippen molar-refractivity contribution in [3.8, 4) is 0 Å². The van der Waals surface area contributed by atoms with Gasteiger partial charge in [0, 0.05) is 6.54 Å². The van der Waals surface area contributed by atoms with Crippen molar-refractivity contribution in [2.45, 2.75) is 45.4 Å². The summed E-state index contributed by atoms with van der Waals surface area (Å²) in [4.78, 5) is 6.53. The van der Waals surface area contributed by atoms with Crippen molar-refractivity contribution in [2.24, 2.45) is 10.9 Å². The summed E-state index contributed by atoms with van der Waals surface area (Å²) in [6, 6.07) is 0. The van der Waals surface area contributed by atoms with Gasteiger partial charge in [-0.05, 0) is 76.4 Å². The smallest absolute Gasteiger partial charge is 0.0616 e. The van der Waals surface area contributed by atoms with E-state index in [4.69, 9.17) is 0 Å². The van der Waals surface area contributed by atoms with Crippen LogP contribution < -0.4 is 0 Å². The van der Waals surface area contributed by atoms with Crippen molar-refractivity contribution >= 4 is 6.72 Å². The van der Waals surface area contributed by atoms with E-state index in [1.807, 2.05) is 12.2 Å². The average molecular weight is 325 g/mol. The molecule has 1 fully saturated rings. The van der Waals surface area contributed by atoms with Crippen LogP contribution in [0.5, 0.6) is 0 Å². The summed E-state index contributed by atoms with van der Waals surface area (Å²) in [5.74, 6) is 0.903. The molecule has 0 radical (unpaired) electrons. The minimum absolute atomic E-state index is 0.817. The second kappa shape index (κ2) is 10.2. The van der Waals surface area contributed by atoms with Gasteiger partial charge in [-0.25, -0.2) is 0 Å². The first kappa shape index (κ1) is 18.7. The molecule has 1 aliphatic heterocycles. The molecule has 2 aliphatic rings. The van der Waals surface area contributed by atoms with E-state index in [2.05, 4.69) is 48.3 Å². The Balaban J connectivity index is 1.80. The van der Waals surface area contributed by atoms with Crippen molar-refractivity contribution in [1.29, 1.82) is 0 Å². The summed E-state index contributed by atoms with van der Waals surface area (Å²) in [5, 5.41) is 0. The number of hydrogen-bond donors (Lipinski definition) is 0.